The molecule has 3 rings (SSSR count). The molecule has 0 atom stereocenters. The summed E-state index contributed by atoms with van der Waals surface area (Å²) >= 11 is 0. The van der Waals surface area contributed by atoms with Crippen LogP contribution in [0.15, 0.2) is 65.4 Å². The van der Waals surface area contributed by atoms with Gasteiger partial charge < -0.3 is 9.47 Å². The summed E-state index contributed by atoms with van der Waals surface area (Å²) in [5.74, 6) is 0.238. The molecule has 5 nitrogen and oxygen atoms in total. The van der Waals surface area contributed by atoms with Gasteiger partial charge in [-0.15, -0.1) is 0 Å². The van der Waals surface area contributed by atoms with Gasteiger partial charge in [-0.3, -0.25) is 9.69 Å². The Bertz CT molecular complexity index is 1020. The van der Waals surface area contributed by atoms with Crippen molar-refractivity contribution in [2.45, 2.75) is 33.6 Å². The molecular formula is C25H27NO4. The fourth-order valence-electron chi connectivity index (χ4n) is 3.54. The Morgan fingerprint density at radius 2 is 1.77 bits per heavy atom. The van der Waals surface area contributed by atoms with Crippen molar-refractivity contribution < 1.29 is 19.1 Å². The van der Waals surface area contributed by atoms with Crippen molar-refractivity contribution in [1.29, 1.82) is 0 Å². The molecule has 0 saturated heterocycles. The molecule has 0 aromatic heterocycles. The number of anilines is 1. The van der Waals surface area contributed by atoms with Crippen LogP contribution in [0.4, 0.5) is 5.69 Å². The number of ether oxygens (including phenoxy) is 2. The van der Waals surface area contributed by atoms with Crippen LogP contribution in [0.2, 0.25) is 0 Å². The van der Waals surface area contributed by atoms with Gasteiger partial charge in [0.05, 0.1) is 24.9 Å². The van der Waals surface area contributed by atoms with E-state index in [1.54, 1.807) is 17.9 Å². The van der Waals surface area contributed by atoms with Gasteiger partial charge >= 0.3 is 5.97 Å². The first-order valence-electron chi connectivity index (χ1n) is 10.1. The summed E-state index contributed by atoms with van der Waals surface area (Å²) in [5.41, 5.74) is 3.73. The maximum atomic E-state index is 13.4. The maximum Gasteiger partial charge on any atom is 0.340 e. The molecule has 156 valence electrons. The second-order valence-electron chi connectivity index (χ2n) is 7.37. The largest absolute Gasteiger partial charge is 0.493 e. The normalized spacial score (nSPS) is 15.3. The van der Waals surface area contributed by atoms with Gasteiger partial charge in [0.2, 0.25) is 0 Å². The smallest absolute Gasteiger partial charge is 0.340 e. The molecule has 0 aliphatic carbocycles. The molecule has 5 heteroatoms. The highest BCUT2D eigenvalue weighted by atomic mass is 16.5. The van der Waals surface area contributed by atoms with Crippen molar-refractivity contribution in [2.24, 2.45) is 0 Å². The van der Waals surface area contributed by atoms with E-state index in [4.69, 9.17) is 9.47 Å². The zero-order valence-corrected chi connectivity index (χ0v) is 18.1. The van der Waals surface area contributed by atoms with Crippen LogP contribution in [-0.4, -0.2) is 25.6 Å². The molecule has 1 aliphatic rings. The molecule has 0 saturated carbocycles. The Hall–Kier alpha value is -3.34. The van der Waals surface area contributed by atoms with Crippen molar-refractivity contribution in [3.05, 3.63) is 76.5 Å². The highest BCUT2D eigenvalue weighted by molar-refractivity contribution is 6.23. The number of methoxy groups -OCH3 is 1. The molecule has 30 heavy (non-hydrogen) atoms. The Labute approximate surface area is 177 Å². The first kappa shape index (κ1) is 21.4. The number of benzene rings is 2. The summed E-state index contributed by atoms with van der Waals surface area (Å²) in [5, 5.41) is 0. The predicted molar refractivity (Wildman–Crippen MR) is 118 cm³/mol. The molecule has 0 radical (unpaired) electrons. The monoisotopic (exact) mass is 405 g/mol. The van der Waals surface area contributed by atoms with Crippen LogP contribution < -0.4 is 9.64 Å². The molecule has 1 heterocycles. The van der Waals surface area contributed by atoms with E-state index in [9.17, 15) is 9.59 Å². The van der Waals surface area contributed by atoms with Crippen LogP contribution in [0.25, 0.3) is 6.08 Å². The lowest BCUT2D eigenvalue weighted by molar-refractivity contribution is -0.136. The molecule has 2 aromatic rings. The number of carbonyl (C=O) groups excluding carboxylic acids is 2. The molecule has 2 aromatic carbocycles. The number of carbonyl (C=O) groups is 2. The molecule has 1 amide bonds. The Morgan fingerprint density at radius 1 is 1.10 bits per heavy atom. The number of rotatable bonds is 6. The zero-order chi connectivity index (χ0) is 21.8. The highest BCUT2D eigenvalue weighted by Gasteiger charge is 2.38. The van der Waals surface area contributed by atoms with Gasteiger partial charge in [0.15, 0.2) is 0 Å². The third-order valence-corrected chi connectivity index (χ3v) is 5.13. The van der Waals surface area contributed by atoms with E-state index in [2.05, 4.69) is 13.8 Å². The summed E-state index contributed by atoms with van der Waals surface area (Å²) in [6.07, 6.45) is 1.70. The third-order valence-electron chi connectivity index (χ3n) is 5.13. The fraction of sp³-hybridized carbons (Fsp3) is 0.280. The van der Waals surface area contributed by atoms with Crippen molar-refractivity contribution in [1.82, 2.24) is 0 Å². The highest BCUT2D eigenvalue weighted by Crippen LogP contribution is 2.36. The summed E-state index contributed by atoms with van der Waals surface area (Å²) in [6.45, 7) is 8.40. The maximum absolute atomic E-state index is 13.4. The second kappa shape index (κ2) is 8.99. The van der Waals surface area contributed by atoms with Crippen LogP contribution in [0.1, 0.15) is 44.7 Å². The minimum atomic E-state index is -0.540. The van der Waals surface area contributed by atoms with Crippen LogP contribution in [0.5, 0.6) is 5.75 Å². The Balaban J connectivity index is 2.11. The van der Waals surface area contributed by atoms with E-state index < -0.39 is 5.97 Å². The molecule has 0 fully saturated rings. The standard InChI is InChI=1S/C25H27NO4/c1-6-30-22-10-8-7-9-19(22)15-21-23(25(28)29-5)17(4)26(24(21)27)20-13-11-18(12-14-20)16(2)3/h7-16H,6H2,1-5H3/b21-15-. The van der Waals surface area contributed by atoms with Crippen molar-refractivity contribution in [3.8, 4) is 5.75 Å². The summed E-state index contributed by atoms with van der Waals surface area (Å²) in [4.78, 5) is 27.5. The first-order valence-corrected chi connectivity index (χ1v) is 10.1. The number of para-hydroxylation sites is 1. The van der Waals surface area contributed by atoms with Gasteiger partial charge in [0.25, 0.3) is 5.91 Å². The molecular weight excluding hydrogens is 378 g/mol. The number of nitrogens with zero attached hydrogens (tertiary/aromatic N) is 1. The second-order valence-corrected chi connectivity index (χ2v) is 7.37. The van der Waals surface area contributed by atoms with Crippen LogP contribution in [0.3, 0.4) is 0 Å². The topological polar surface area (TPSA) is 55.8 Å². The van der Waals surface area contributed by atoms with Crippen LogP contribution in [0, 0.1) is 0 Å². The van der Waals surface area contributed by atoms with Gasteiger partial charge in [-0.1, -0.05) is 44.2 Å². The van der Waals surface area contributed by atoms with Gasteiger partial charge in [0.1, 0.15) is 5.75 Å². The number of hydrogen-bond donors (Lipinski definition) is 0. The van der Waals surface area contributed by atoms with E-state index in [1.165, 1.54) is 12.7 Å². The van der Waals surface area contributed by atoms with Crippen LogP contribution in [-0.2, 0) is 14.3 Å². The van der Waals surface area contributed by atoms with Crippen molar-refractivity contribution in [2.75, 3.05) is 18.6 Å². The predicted octanol–water partition coefficient (Wildman–Crippen LogP) is 5.09. The van der Waals surface area contributed by atoms with Gasteiger partial charge in [-0.2, -0.15) is 0 Å². The van der Waals surface area contributed by atoms with Gasteiger partial charge in [-0.05, 0) is 49.6 Å². The quantitative estimate of drug-likeness (QED) is 0.496. The SMILES string of the molecule is CCOc1ccccc1/C=C1\C(=O)N(c2ccc(C(C)C)cc2)C(C)=C1C(=O)OC. The number of hydrogen-bond acceptors (Lipinski definition) is 4. The molecule has 0 bridgehead atoms. The minimum absolute atomic E-state index is 0.265. The zero-order valence-electron chi connectivity index (χ0n) is 18.1. The minimum Gasteiger partial charge on any atom is -0.493 e. The fourth-order valence-corrected chi connectivity index (χ4v) is 3.54. The summed E-state index contributed by atoms with van der Waals surface area (Å²) in [6, 6.07) is 15.3. The lowest BCUT2D eigenvalue weighted by Gasteiger charge is -2.19. The lowest BCUT2D eigenvalue weighted by Crippen LogP contribution is -2.24. The molecule has 1 aliphatic heterocycles. The number of esters is 1. The van der Waals surface area contributed by atoms with E-state index >= 15 is 0 Å². The average Bonchev–Trinajstić information content (AvgIpc) is 2.98. The van der Waals surface area contributed by atoms with E-state index in [-0.39, 0.29) is 11.5 Å². The van der Waals surface area contributed by atoms with E-state index in [1.807, 2.05) is 55.5 Å². The average molecular weight is 405 g/mol. The van der Waals surface area contributed by atoms with Crippen molar-refractivity contribution >= 4 is 23.6 Å². The third kappa shape index (κ3) is 4.01. The molecule has 0 N–H and O–H groups in total. The Kier molecular flexibility index (Phi) is 6.40. The molecule has 0 unspecified atom stereocenters. The summed E-state index contributed by atoms with van der Waals surface area (Å²) in [7, 11) is 1.32. The summed E-state index contributed by atoms with van der Waals surface area (Å²) < 4.78 is 10.7. The number of allylic oxidation sites excluding steroid dienone is 1. The lowest BCUT2D eigenvalue weighted by atomic mass is 10.0. The van der Waals surface area contributed by atoms with Crippen molar-refractivity contribution in [3.63, 3.8) is 0 Å². The Morgan fingerprint density at radius 3 is 2.37 bits per heavy atom. The van der Waals surface area contributed by atoms with E-state index in [0.717, 1.165) is 5.56 Å². The van der Waals surface area contributed by atoms with E-state index in [0.29, 0.717) is 35.2 Å². The number of amides is 1. The van der Waals surface area contributed by atoms with Crippen LogP contribution >= 0.6 is 0 Å². The first-order chi connectivity index (χ1) is 14.4. The van der Waals surface area contributed by atoms with Gasteiger partial charge in [-0.25, -0.2) is 4.79 Å². The molecule has 0 spiro atoms. The van der Waals surface area contributed by atoms with Gasteiger partial charge in [0, 0.05) is 16.9 Å².